The summed E-state index contributed by atoms with van der Waals surface area (Å²) in [7, 11) is 5.84. The standard InChI is InChI=1S/C27H37N5O2/c1-29(17-20-8-10-22(11-9-20)31-18-26(33)30(2)19-31)25-13-12-23(16-28-25)32-15-14-21-6-4-5-7-24(21)27(32)34-3/h4-7,12-13,16,20,22,27H,8-11,14-15,17-19H2,1-3H3. The number of carbonyl (C=O) groups excluding carboxylic acids is 1. The summed E-state index contributed by atoms with van der Waals surface area (Å²) in [6.07, 6.45) is 7.72. The highest BCUT2D eigenvalue weighted by molar-refractivity contribution is 5.79. The van der Waals surface area contributed by atoms with Crippen LogP contribution in [-0.4, -0.2) is 74.2 Å². The number of pyridine rings is 1. The topological polar surface area (TPSA) is 52.2 Å². The average molecular weight is 464 g/mol. The summed E-state index contributed by atoms with van der Waals surface area (Å²) >= 11 is 0. The van der Waals surface area contributed by atoms with Gasteiger partial charge in [0.25, 0.3) is 0 Å². The molecule has 1 amide bonds. The molecule has 0 N–H and O–H groups in total. The van der Waals surface area contributed by atoms with Crippen LogP contribution >= 0.6 is 0 Å². The van der Waals surface area contributed by atoms with Crippen molar-refractivity contribution in [3.8, 4) is 0 Å². The van der Waals surface area contributed by atoms with E-state index in [1.165, 1.54) is 36.8 Å². The van der Waals surface area contributed by atoms with E-state index >= 15 is 0 Å². The number of nitrogens with zero attached hydrogens (tertiary/aromatic N) is 5. The monoisotopic (exact) mass is 463 g/mol. The van der Waals surface area contributed by atoms with Crippen molar-refractivity contribution in [1.29, 1.82) is 0 Å². The third-order valence-electron chi connectivity index (χ3n) is 7.93. The largest absolute Gasteiger partial charge is 0.359 e. The molecule has 1 atom stereocenters. The normalized spacial score (nSPS) is 25.5. The van der Waals surface area contributed by atoms with Gasteiger partial charge in [0.2, 0.25) is 5.91 Å². The summed E-state index contributed by atoms with van der Waals surface area (Å²) in [6, 6.07) is 13.4. The van der Waals surface area contributed by atoms with Crippen LogP contribution in [0.3, 0.4) is 0 Å². The first-order valence-corrected chi connectivity index (χ1v) is 12.6. The van der Waals surface area contributed by atoms with E-state index in [-0.39, 0.29) is 12.1 Å². The van der Waals surface area contributed by atoms with Crippen molar-refractivity contribution in [3.63, 3.8) is 0 Å². The van der Waals surface area contributed by atoms with Crippen LogP contribution in [0.15, 0.2) is 42.6 Å². The maximum atomic E-state index is 11.9. The Hall–Kier alpha value is -2.64. The fraction of sp³-hybridized carbons (Fsp3) is 0.556. The summed E-state index contributed by atoms with van der Waals surface area (Å²) in [6.45, 7) is 3.33. The van der Waals surface area contributed by atoms with Crippen molar-refractivity contribution in [2.24, 2.45) is 5.92 Å². The summed E-state index contributed by atoms with van der Waals surface area (Å²) < 4.78 is 5.88. The van der Waals surface area contributed by atoms with Gasteiger partial charge in [-0.25, -0.2) is 4.98 Å². The number of anilines is 2. The van der Waals surface area contributed by atoms with E-state index in [1.807, 2.05) is 18.1 Å². The molecule has 7 heteroatoms. The minimum absolute atomic E-state index is 0.0730. The molecule has 2 aliphatic heterocycles. The van der Waals surface area contributed by atoms with Crippen LogP contribution in [0.5, 0.6) is 0 Å². The molecule has 34 heavy (non-hydrogen) atoms. The van der Waals surface area contributed by atoms with Gasteiger partial charge in [-0.05, 0) is 55.7 Å². The number of methoxy groups -OCH3 is 1. The quantitative estimate of drug-likeness (QED) is 0.654. The molecule has 3 heterocycles. The van der Waals surface area contributed by atoms with Gasteiger partial charge < -0.3 is 19.4 Å². The highest BCUT2D eigenvalue weighted by atomic mass is 16.5. The zero-order valence-electron chi connectivity index (χ0n) is 20.7. The van der Waals surface area contributed by atoms with Crippen LogP contribution in [0.2, 0.25) is 0 Å². The third-order valence-corrected chi connectivity index (χ3v) is 7.93. The summed E-state index contributed by atoms with van der Waals surface area (Å²) in [4.78, 5) is 25.5. The first-order valence-electron chi connectivity index (χ1n) is 12.6. The van der Waals surface area contributed by atoms with Crippen molar-refractivity contribution in [3.05, 3.63) is 53.7 Å². The molecule has 3 aliphatic rings. The van der Waals surface area contributed by atoms with Gasteiger partial charge in [0.15, 0.2) is 6.23 Å². The average Bonchev–Trinajstić information content (AvgIpc) is 3.21. The van der Waals surface area contributed by atoms with Crippen LogP contribution in [0, 0.1) is 5.92 Å². The van der Waals surface area contributed by atoms with E-state index in [4.69, 9.17) is 9.72 Å². The number of aromatic nitrogens is 1. The molecule has 2 aromatic rings. The molecule has 1 aliphatic carbocycles. The number of rotatable bonds is 6. The second-order valence-corrected chi connectivity index (χ2v) is 10.1. The van der Waals surface area contributed by atoms with Gasteiger partial charge >= 0.3 is 0 Å². The first-order chi connectivity index (χ1) is 16.5. The molecule has 5 rings (SSSR count). The number of ether oxygens (including phenoxy) is 1. The molecule has 0 spiro atoms. The van der Waals surface area contributed by atoms with E-state index < -0.39 is 0 Å². The molecule has 1 unspecified atom stereocenters. The molecule has 0 radical (unpaired) electrons. The van der Waals surface area contributed by atoms with Crippen molar-refractivity contribution >= 4 is 17.4 Å². The first kappa shape index (κ1) is 23.1. The van der Waals surface area contributed by atoms with E-state index in [2.05, 4.69) is 58.1 Å². The van der Waals surface area contributed by atoms with Crippen LogP contribution in [0.4, 0.5) is 11.5 Å². The van der Waals surface area contributed by atoms with Crippen molar-refractivity contribution < 1.29 is 9.53 Å². The Morgan fingerprint density at radius 3 is 2.59 bits per heavy atom. The van der Waals surface area contributed by atoms with Gasteiger partial charge in [0.05, 0.1) is 25.1 Å². The zero-order valence-corrected chi connectivity index (χ0v) is 20.7. The number of amides is 1. The van der Waals surface area contributed by atoms with Crippen LogP contribution in [0.1, 0.15) is 43.0 Å². The minimum atomic E-state index is -0.0730. The van der Waals surface area contributed by atoms with Crippen molar-refractivity contribution in [2.45, 2.75) is 44.4 Å². The molecule has 1 aromatic carbocycles. The Morgan fingerprint density at radius 1 is 1.12 bits per heavy atom. The fourth-order valence-electron chi connectivity index (χ4n) is 5.94. The van der Waals surface area contributed by atoms with Crippen LogP contribution in [-0.2, 0) is 16.0 Å². The van der Waals surface area contributed by atoms with Crippen LogP contribution < -0.4 is 9.80 Å². The molecule has 1 saturated carbocycles. The van der Waals surface area contributed by atoms with Crippen LogP contribution in [0.25, 0.3) is 0 Å². The Balaban J connectivity index is 1.16. The van der Waals surface area contributed by atoms with E-state index in [0.717, 1.165) is 37.7 Å². The number of hydrogen-bond acceptors (Lipinski definition) is 6. The second kappa shape index (κ2) is 9.92. The molecule has 1 saturated heterocycles. The lowest BCUT2D eigenvalue weighted by molar-refractivity contribution is -0.125. The molecule has 0 bridgehead atoms. The van der Waals surface area contributed by atoms with E-state index in [0.29, 0.717) is 18.5 Å². The van der Waals surface area contributed by atoms with Gasteiger partial charge in [0, 0.05) is 45.9 Å². The maximum Gasteiger partial charge on any atom is 0.237 e. The zero-order chi connectivity index (χ0) is 23.7. The Bertz CT molecular complexity index is 989. The fourth-order valence-corrected chi connectivity index (χ4v) is 5.94. The number of hydrogen-bond donors (Lipinski definition) is 0. The molecular weight excluding hydrogens is 426 g/mol. The summed E-state index contributed by atoms with van der Waals surface area (Å²) in [5.41, 5.74) is 3.72. The van der Waals surface area contributed by atoms with E-state index in [9.17, 15) is 4.79 Å². The lowest BCUT2D eigenvalue weighted by Crippen LogP contribution is -2.39. The van der Waals surface area contributed by atoms with Crippen molar-refractivity contribution in [2.75, 3.05) is 57.3 Å². The summed E-state index contributed by atoms with van der Waals surface area (Å²) in [5.74, 6) is 1.95. The van der Waals surface area contributed by atoms with Gasteiger partial charge in [-0.3, -0.25) is 9.69 Å². The number of likely N-dealkylation sites (N-methyl/N-ethyl adjacent to an activating group) is 1. The van der Waals surface area contributed by atoms with E-state index in [1.54, 1.807) is 7.11 Å². The van der Waals surface area contributed by atoms with Gasteiger partial charge in [-0.15, -0.1) is 0 Å². The van der Waals surface area contributed by atoms with Crippen molar-refractivity contribution in [1.82, 2.24) is 14.8 Å². The highest BCUT2D eigenvalue weighted by Crippen LogP contribution is 2.35. The Kier molecular flexibility index (Phi) is 6.75. The second-order valence-electron chi connectivity index (χ2n) is 10.1. The third kappa shape index (κ3) is 4.64. The molecule has 7 nitrogen and oxygen atoms in total. The lowest BCUT2D eigenvalue weighted by atomic mass is 9.85. The highest BCUT2D eigenvalue weighted by Gasteiger charge is 2.33. The lowest BCUT2D eigenvalue weighted by Gasteiger charge is -2.38. The molecule has 1 aromatic heterocycles. The molecule has 2 fully saturated rings. The number of carbonyl (C=O) groups is 1. The summed E-state index contributed by atoms with van der Waals surface area (Å²) in [5, 5.41) is 0. The van der Waals surface area contributed by atoms with Gasteiger partial charge in [-0.2, -0.15) is 0 Å². The Labute approximate surface area is 203 Å². The van der Waals surface area contributed by atoms with Gasteiger partial charge in [0.1, 0.15) is 5.82 Å². The SMILES string of the molecule is COC1c2ccccc2CCN1c1ccc(N(C)CC2CCC(N3CC(=O)N(C)C3)CC2)nc1. The molecule has 182 valence electrons. The number of fused-ring (bicyclic) bond motifs is 1. The Morgan fingerprint density at radius 2 is 1.91 bits per heavy atom. The predicted octanol–water partition coefficient (Wildman–Crippen LogP) is 3.52. The maximum absolute atomic E-state index is 11.9. The molecular formula is C27H37N5O2. The van der Waals surface area contributed by atoms with Gasteiger partial charge in [-0.1, -0.05) is 24.3 Å². The smallest absolute Gasteiger partial charge is 0.237 e. The number of benzene rings is 1. The predicted molar refractivity (Wildman–Crippen MR) is 135 cm³/mol. The minimum Gasteiger partial charge on any atom is -0.359 e.